The molecule has 0 fully saturated rings. The van der Waals surface area contributed by atoms with Gasteiger partial charge in [-0.3, -0.25) is 4.79 Å². The number of hydrogen-bond acceptors (Lipinski definition) is 4. The molecule has 0 unspecified atom stereocenters. The number of benzene rings is 3. The first kappa shape index (κ1) is 22.0. The second kappa shape index (κ2) is 9.96. The topological polar surface area (TPSA) is 56.8 Å². The Morgan fingerprint density at radius 1 is 0.969 bits per heavy atom. The van der Waals surface area contributed by atoms with Crippen LogP contribution in [0.1, 0.15) is 30.9 Å². The number of amides is 1. The van der Waals surface area contributed by atoms with Crippen LogP contribution in [0.4, 0.5) is 5.69 Å². The molecule has 1 aliphatic rings. The van der Waals surface area contributed by atoms with Gasteiger partial charge in [0.1, 0.15) is 17.2 Å². The number of carbonyl (C=O) groups is 1. The minimum atomic E-state index is -0.688. The molecule has 0 radical (unpaired) electrons. The third-order valence-electron chi connectivity index (χ3n) is 5.49. The van der Waals surface area contributed by atoms with E-state index in [1.54, 1.807) is 38.3 Å². The molecule has 1 amide bonds. The van der Waals surface area contributed by atoms with E-state index in [2.05, 4.69) is 11.4 Å². The van der Waals surface area contributed by atoms with Gasteiger partial charge in [0, 0.05) is 11.1 Å². The van der Waals surface area contributed by atoms with E-state index in [0.717, 1.165) is 25.0 Å². The van der Waals surface area contributed by atoms with Crippen molar-refractivity contribution in [2.45, 2.75) is 38.7 Å². The Morgan fingerprint density at radius 3 is 2.59 bits per heavy atom. The molecule has 0 saturated heterocycles. The number of carbonyl (C=O) groups excluding carboxylic acids is 1. The van der Waals surface area contributed by atoms with Crippen LogP contribution in [0.2, 0.25) is 5.02 Å². The maximum Gasteiger partial charge on any atom is 0.265 e. The lowest BCUT2D eigenvalue weighted by Gasteiger charge is -2.22. The van der Waals surface area contributed by atoms with Gasteiger partial charge in [0.2, 0.25) is 0 Å². The summed E-state index contributed by atoms with van der Waals surface area (Å²) in [6.07, 6.45) is 3.68. The van der Waals surface area contributed by atoms with Crippen molar-refractivity contribution < 1.29 is 19.0 Å². The summed E-state index contributed by atoms with van der Waals surface area (Å²) in [6.45, 7) is 1.74. The van der Waals surface area contributed by atoms with Crippen molar-refractivity contribution in [1.82, 2.24) is 0 Å². The molecule has 0 saturated carbocycles. The summed E-state index contributed by atoms with van der Waals surface area (Å²) in [5, 5.41) is 3.39. The van der Waals surface area contributed by atoms with Crippen molar-refractivity contribution in [3.8, 4) is 23.0 Å². The van der Waals surface area contributed by atoms with Crippen LogP contribution in [0, 0.1) is 0 Å². The summed E-state index contributed by atoms with van der Waals surface area (Å²) in [5.74, 6) is 2.23. The van der Waals surface area contributed by atoms with Gasteiger partial charge in [-0.2, -0.15) is 0 Å². The lowest BCUT2D eigenvalue weighted by Crippen LogP contribution is -2.30. The highest BCUT2D eigenvalue weighted by molar-refractivity contribution is 6.31. The lowest BCUT2D eigenvalue weighted by atomic mass is 9.91. The Hall–Kier alpha value is -3.18. The highest BCUT2D eigenvalue weighted by Gasteiger charge is 2.21. The molecule has 6 heteroatoms. The van der Waals surface area contributed by atoms with Gasteiger partial charge >= 0.3 is 0 Å². The van der Waals surface area contributed by atoms with E-state index >= 15 is 0 Å². The zero-order valence-corrected chi connectivity index (χ0v) is 18.9. The Bertz CT molecular complexity index is 1110. The quantitative estimate of drug-likeness (QED) is 0.450. The lowest BCUT2D eigenvalue weighted by molar-refractivity contribution is -0.122. The first-order chi connectivity index (χ1) is 15.5. The number of halogens is 1. The van der Waals surface area contributed by atoms with Crippen LogP contribution in [0.25, 0.3) is 0 Å². The van der Waals surface area contributed by atoms with Crippen LogP contribution in [0.5, 0.6) is 23.0 Å². The van der Waals surface area contributed by atoms with Gasteiger partial charge in [-0.25, -0.2) is 0 Å². The van der Waals surface area contributed by atoms with E-state index in [-0.39, 0.29) is 5.91 Å². The van der Waals surface area contributed by atoms with Crippen molar-refractivity contribution in [3.63, 3.8) is 0 Å². The highest BCUT2D eigenvalue weighted by atomic mass is 35.5. The summed E-state index contributed by atoms with van der Waals surface area (Å²) in [4.78, 5) is 12.9. The molecule has 0 spiro atoms. The monoisotopic (exact) mass is 451 g/mol. The van der Waals surface area contributed by atoms with Gasteiger partial charge in [-0.15, -0.1) is 0 Å². The fourth-order valence-corrected chi connectivity index (χ4v) is 3.99. The van der Waals surface area contributed by atoms with E-state index in [9.17, 15) is 4.79 Å². The van der Waals surface area contributed by atoms with E-state index in [0.29, 0.717) is 28.0 Å². The zero-order chi connectivity index (χ0) is 22.5. The maximum absolute atomic E-state index is 12.9. The maximum atomic E-state index is 12.9. The molecule has 0 aliphatic heterocycles. The number of ether oxygens (including phenoxy) is 3. The second-order valence-electron chi connectivity index (χ2n) is 7.77. The Kier molecular flexibility index (Phi) is 6.86. The van der Waals surface area contributed by atoms with E-state index in [1.807, 2.05) is 30.3 Å². The Labute approximate surface area is 193 Å². The molecule has 32 heavy (non-hydrogen) atoms. The molecule has 3 aromatic rings. The molecule has 1 aliphatic carbocycles. The summed E-state index contributed by atoms with van der Waals surface area (Å²) in [7, 11) is 1.60. The van der Waals surface area contributed by atoms with Crippen molar-refractivity contribution in [1.29, 1.82) is 0 Å². The normalized spacial score (nSPS) is 13.6. The Balaban J connectivity index is 1.50. The predicted molar refractivity (Wildman–Crippen MR) is 126 cm³/mol. The van der Waals surface area contributed by atoms with Crippen LogP contribution in [0.15, 0.2) is 60.7 Å². The standard InChI is InChI=1S/C26H26ClNO4/c1-17(31-24-12-5-8-18-7-3-4-11-22(18)24)26(29)28-23-15-19(27)13-14-25(23)32-21-10-6-9-20(16-21)30-2/h5-6,8-10,12-17H,3-4,7,11H2,1-2H3,(H,28,29)/t17-/m0/s1. The molecule has 0 heterocycles. The molecule has 1 atom stereocenters. The molecule has 1 N–H and O–H groups in total. The average Bonchev–Trinajstić information content (AvgIpc) is 2.81. The van der Waals surface area contributed by atoms with Crippen molar-refractivity contribution >= 4 is 23.2 Å². The fraction of sp³-hybridized carbons (Fsp3) is 0.269. The van der Waals surface area contributed by atoms with Crippen molar-refractivity contribution in [2.24, 2.45) is 0 Å². The second-order valence-corrected chi connectivity index (χ2v) is 8.21. The van der Waals surface area contributed by atoms with Gasteiger partial charge in [-0.05, 0) is 80.1 Å². The minimum Gasteiger partial charge on any atom is -0.497 e. The third kappa shape index (κ3) is 5.17. The molecule has 0 aromatic heterocycles. The predicted octanol–water partition coefficient (Wildman–Crippen LogP) is 6.43. The number of methoxy groups -OCH3 is 1. The number of aryl methyl sites for hydroxylation is 1. The molecule has 166 valence electrons. The van der Waals surface area contributed by atoms with Crippen LogP contribution in [-0.4, -0.2) is 19.1 Å². The summed E-state index contributed by atoms with van der Waals surface area (Å²) in [5.41, 5.74) is 2.99. The SMILES string of the molecule is COc1cccc(Oc2ccc(Cl)cc2NC(=O)[C@H](C)Oc2cccc3c2CCCC3)c1. The van der Waals surface area contributed by atoms with Gasteiger partial charge in [0.15, 0.2) is 11.9 Å². The van der Waals surface area contributed by atoms with Crippen LogP contribution < -0.4 is 19.5 Å². The highest BCUT2D eigenvalue weighted by Crippen LogP contribution is 2.34. The van der Waals surface area contributed by atoms with Crippen LogP contribution >= 0.6 is 11.6 Å². The molecular formula is C26H26ClNO4. The largest absolute Gasteiger partial charge is 0.497 e. The van der Waals surface area contributed by atoms with Crippen molar-refractivity contribution in [3.05, 3.63) is 76.8 Å². The molecular weight excluding hydrogens is 426 g/mol. The number of nitrogens with one attached hydrogen (secondary N) is 1. The Morgan fingerprint density at radius 2 is 1.75 bits per heavy atom. The number of hydrogen-bond donors (Lipinski definition) is 1. The summed E-state index contributed by atoms with van der Waals surface area (Å²) in [6, 6.07) is 18.4. The smallest absolute Gasteiger partial charge is 0.265 e. The first-order valence-electron chi connectivity index (χ1n) is 10.7. The van der Waals surface area contributed by atoms with Gasteiger partial charge in [0.05, 0.1) is 12.8 Å². The first-order valence-corrected chi connectivity index (χ1v) is 11.1. The van der Waals surface area contributed by atoms with Crippen LogP contribution in [0.3, 0.4) is 0 Å². The molecule has 4 rings (SSSR count). The van der Waals surface area contributed by atoms with E-state index in [1.165, 1.54) is 17.5 Å². The zero-order valence-electron chi connectivity index (χ0n) is 18.2. The van der Waals surface area contributed by atoms with Crippen LogP contribution in [-0.2, 0) is 17.6 Å². The number of anilines is 1. The average molecular weight is 452 g/mol. The fourth-order valence-electron chi connectivity index (χ4n) is 3.82. The molecule has 5 nitrogen and oxygen atoms in total. The minimum absolute atomic E-state index is 0.281. The van der Waals surface area contributed by atoms with Gasteiger partial charge in [-0.1, -0.05) is 29.8 Å². The van der Waals surface area contributed by atoms with Gasteiger partial charge < -0.3 is 19.5 Å². The number of fused-ring (bicyclic) bond motifs is 1. The van der Waals surface area contributed by atoms with Gasteiger partial charge in [0.25, 0.3) is 5.91 Å². The molecule has 3 aromatic carbocycles. The van der Waals surface area contributed by atoms with E-state index < -0.39 is 6.10 Å². The summed E-state index contributed by atoms with van der Waals surface area (Å²) < 4.78 is 17.3. The molecule has 0 bridgehead atoms. The number of rotatable bonds is 7. The van der Waals surface area contributed by atoms with E-state index in [4.69, 9.17) is 25.8 Å². The third-order valence-corrected chi connectivity index (χ3v) is 5.73. The van der Waals surface area contributed by atoms with Crippen molar-refractivity contribution in [2.75, 3.05) is 12.4 Å². The summed E-state index contributed by atoms with van der Waals surface area (Å²) >= 11 is 6.18.